The van der Waals surface area contributed by atoms with Crippen molar-refractivity contribution < 1.29 is 47.3 Å². The molecular formula is C101H109FN16O9. The minimum absolute atomic E-state index is 0.000401. The molecule has 2 saturated carbocycles. The van der Waals surface area contributed by atoms with E-state index in [4.69, 9.17) is 23.7 Å². The van der Waals surface area contributed by atoms with Crippen LogP contribution in [0.3, 0.4) is 0 Å². The Labute approximate surface area is 740 Å². The lowest BCUT2D eigenvalue weighted by Gasteiger charge is -2.36. The maximum Gasteiger partial charge on any atom is 0.263 e. The van der Waals surface area contributed by atoms with E-state index in [1.54, 1.807) is 43.0 Å². The molecule has 8 heterocycles. The first-order valence-corrected chi connectivity index (χ1v) is 44.0. The van der Waals surface area contributed by atoms with E-state index >= 15 is 0 Å². The Morgan fingerprint density at radius 3 is 0.953 bits per heavy atom. The minimum Gasteiger partial charge on any atom is -0.489 e. The van der Waals surface area contributed by atoms with Gasteiger partial charge in [0.15, 0.2) is 36.0 Å². The Balaban J connectivity index is 0.000000125. The molecule has 0 radical (unpaired) electrons. The summed E-state index contributed by atoms with van der Waals surface area (Å²) in [5.74, 6) is 2.36. The summed E-state index contributed by atoms with van der Waals surface area (Å²) < 4.78 is 50.7. The third kappa shape index (κ3) is 23.1. The van der Waals surface area contributed by atoms with Gasteiger partial charge in [0.2, 0.25) is 0 Å². The predicted octanol–water partition coefficient (Wildman–Crippen LogP) is 16.0. The number of aromatic nitrogens is 8. The minimum atomic E-state index is -0.679. The lowest BCUT2D eigenvalue weighted by atomic mass is 9.95. The average Bonchev–Trinajstić information content (AvgIpc) is 0.939. The number of fused-ring (bicyclic) bond motifs is 4. The number of anilines is 4. The van der Waals surface area contributed by atoms with Crippen LogP contribution in [0.25, 0.3) is 22.7 Å². The Morgan fingerprint density at radius 1 is 0.362 bits per heavy atom. The number of carbonyl (C=O) groups is 4. The molecule has 2 aliphatic carbocycles. The lowest BCUT2D eigenvalue weighted by Crippen LogP contribution is -2.51. The molecule has 0 spiro atoms. The van der Waals surface area contributed by atoms with Crippen molar-refractivity contribution in [3.05, 3.63) is 320 Å². The molecule has 0 saturated heterocycles. The van der Waals surface area contributed by atoms with Crippen LogP contribution in [0.5, 0.6) is 28.7 Å². The highest BCUT2D eigenvalue weighted by atomic mass is 19.1. The fourth-order valence-electron chi connectivity index (χ4n) is 16.5. The number of nitrogens with one attached hydrogen (secondary N) is 4. The number of carbonyl (C=O) groups excluding carboxylic acids is 4. The van der Waals surface area contributed by atoms with Crippen molar-refractivity contribution in [3.63, 3.8) is 0 Å². The molecular weight excluding hydrogens is 1600 g/mol. The topological polar surface area (TPSA) is 247 Å². The molecule has 4 unspecified atom stereocenters. The third-order valence-electron chi connectivity index (χ3n) is 23.1. The lowest BCUT2D eigenvalue weighted by molar-refractivity contribution is -0.129. The molecule has 0 bridgehead atoms. The number of nitrogens with zero attached hydrogens (tertiary/aromatic N) is 12. The number of hydrogen-bond acceptors (Lipinski definition) is 17. The van der Waals surface area contributed by atoms with Gasteiger partial charge in [-0.25, -0.2) is 23.1 Å². The van der Waals surface area contributed by atoms with Gasteiger partial charge in [-0.15, -0.1) is 0 Å². The molecule has 26 heteroatoms. The normalized spacial score (nSPS) is 17.0. The van der Waals surface area contributed by atoms with Crippen LogP contribution in [0.2, 0.25) is 0 Å². The van der Waals surface area contributed by atoms with E-state index in [0.29, 0.717) is 64.7 Å². The SMILES string of the molecule is CC(C)(C)CNC(=O)C1CN(Cc2ccc(-n3cccn3)cc2)c2ccccc2O1.O=C(NC1CCCCC1)C1CN(Cc2ccc(-n3cccn3)cc2)c2ccccc2O1.O=C(NC1CCCCC1)C1CN(Cc2ccc(-n3cccn3)cc2)c2ccccc2O1.O=C(NCCOc1ccccc1F)C1CN(Cc2ccc(-n3cccn3)cc2)c2ccccc2O1. The van der Waals surface area contributed by atoms with E-state index in [0.717, 1.165) is 99.6 Å². The first-order chi connectivity index (χ1) is 62.1. The molecule has 6 aliphatic rings. The first-order valence-electron chi connectivity index (χ1n) is 44.0. The largest absolute Gasteiger partial charge is 0.489 e. The van der Waals surface area contributed by atoms with Gasteiger partial charge in [0, 0.05) is 94.4 Å². The van der Waals surface area contributed by atoms with Crippen LogP contribution in [-0.2, 0) is 45.4 Å². The van der Waals surface area contributed by atoms with Gasteiger partial charge in [-0.05, 0) is 187 Å². The molecule has 4 amide bonds. The van der Waals surface area contributed by atoms with Crippen molar-refractivity contribution in [2.24, 2.45) is 5.41 Å². The van der Waals surface area contributed by atoms with Crippen molar-refractivity contribution in [1.82, 2.24) is 60.4 Å². The van der Waals surface area contributed by atoms with Crippen LogP contribution < -0.4 is 64.6 Å². The number of ether oxygens (including phenoxy) is 5. The summed E-state index contributed by atoms with van der Waals surface area (Å²) >= 11 is 0. The first kappa shape index (κ1) is 86.4. The predicted molar refractivity (Wildman–Crippen MR) is 489 cm³/mol. The molecule has 19 rings (SSSR count). The second-order valence-electron chi connectivity index (χ2n) is 33.8. The van der Waals surface area contributed by atoms with Gasteiger partial charge in [-0.1, -0.05) is 168 Å². The van der Waals surface area contributed by atoms with Crippen LogP contribution in [0.15, 0.2) is 292 Å². The quantitative estimate of drug-likeness (QED) is 0.0435. The van der Waals surface area contributed by atoms with E-state index < -0.39 is 30.2 Å². The van der Waals surface area contributed by atoms with Gasteiger partial charge in [0.05, 0.1) is 78.2 Å². The number of benzene rings is 9. The van der Waals surface area contributed by atoms with Gasteiger partial charge in [-0.2, -0.15) is 20.4 Å². The molecule has 4 N–H and O–H groups in total. The summed E-state index contributed by atoms with van der Waals surface area (Å²) in [7, 11) is 0. The number of amides is 4. The number of rotatable bonds is 23. The number of hydrogen-bond donors (Lipinski definition) is 4. The zero-order valence-corrected chi connectivity index (χ0v) is 71.9. The maximum atomic E-state index is 13.7. The van der Waals surface area contributed by atoms with Crippen LogP contribution in [0, 0.1) is 11.2 Å². The smallest absolute Gasteiger partial charge is 0.263 e. The summed E-state index contributed by atoms with van der Waals surface area (Å²) in [6.45, 7) is 12.0. The summed E-state index contributed by atoms with van der Waals surface area (Å²) in [6.07, 6.45) is 24.1. The average molecular weight is 1710 g/mol. The Kier molecular flexibility index (Phi) is 28.2. The van der Waals surface area contributed by atoms with Gasteiger partial charge in [-0.3, -0.25) is 19.2 Å². The molecule has 127 heavy (non-hydrogen) atoms. The van der Waals surface area contributed by atoms with Crippen molar-refractivity contribution in [1.29, 1.82) is 0 Å². The van der Waals surface area contributed by atoms with Gasteiger partial charge < -0.3 is 64.6 Å². The zero-order valence-electron chi connectivity index (χ0n) is 71.9. The van der Waals surface area contributed by atoms with E-state index in [1.165, 1.54) is 55.7 Å². The summed E-state index contributed by atoms with van der Waals surface area (Å²) in [4.78, 5) is 60.4. The number of para-hydroxylation sites is 9. The molecule has 2 fully saturated rings. The van der Waals surface area contributed by atoms with E-state index in [9.17, 15) is 23.6 Å². The van der Waals surface area contributed by atoms with Crippen LogP contribution in [0.4, 0.5) is 27.1 Å². The van der Waals surface area contributed by atoms with Crippen LogP contribution in [-0.4, -0.2) is 145 Å². The molecule has 13 aromatic rings. The molecule has 4 atom stereocenters. The zero-order chi connectivity index (χ0) is 87.3. The summed E-state index contributed by atoms with van der Waals surface area (Å²) in [6, 6.07) is 79.1. The second kappa shape index (κ2) is 41.5. The van der Waals surface area contributed by atoms with Crippen molar-refractivity contribution in [2.45, 2.75) is 148 Å². The standard InChI is InChI=1S/C27H25FN4O3.2C25H28N4O2.C24H28N4O2/c28-22-6-1-3-8-24(22)34-17-15-29-27(33)26-19-31(23-7-2-4-9-25(23)35-26)18-20-10-12-21(13-11-20)32-16-5-14-30-32;2*30-25(27-20-7-2-1-3-8-20)24-18-28(22-9-4-5-10-23(22)31-24)17-19-11-13-21(14-12-19)29-16-6-15-26-29;1-24(2,3)17-25-23(29)22-16-27(20-7-4-5-8-21(20)30-22)15-18-9-11-19(12-10-18)28-14-6-13-26-28/h1-14,16,26H,15,17-19H2,(H,29,33);2*4-6,9-16,20,24H,1-3,7-8,17-18H2,(H,27,30);4-14,22H,15-17H2,1-3H3,(H,25,29). The Hall–Kier alpha value is -14.2. The van der Waals surface area contributed by atoms with Crippen molar-refractivity contribution >= 4 is 46.4 Å². The third-order valence-corrected chi connectivity index (χ3v) is 23.1. The molecule has 4 aliphatic heterocycles. The van der Waals surface area contributed by atoms with Gasteiger partial charge in [0.25, 0.3) is 23.6 Å². The Bertz CT molecular complexity index is 5520. The highest BCUT2D eigenvalue weighted by Crippen LogP contribution is 2.39. The summed E-state index contributed by atoms with van der Waals surface area (Å²) in [5.41, 5.74) is 12.7. The van der Waals surface area contributed by atoms with Crippen molar-refractivity contribution in [2.75, 3.05) is 65.5 Å². The fraction of sp³-hybridized carbons (Fsp3) is 0.307. The highest BCUT2D eigenvalue weighted by Gasteiger charge is 2.37. The van der Waals surface area contributed by atoms with E-state index in [2.05, 4.69) is 179 Å². The van der Waals surface area contributed by atoms with E-state index in [1.807, 2.05) is 165 Å². The number of halogens is 1. The molecule has 9 aromatic carbocycles. The van der Waals surface area contributed by atoms with Gasteiger partial charge in [0.1, 0.15) is 29.6 Å². The molecule has 25 nitrogen and oxygen atoms in total. The highest BCUT2D eigenvalue weighted by molar-refractivity contribution is 5.86. The maximum absolute atomic E-state index is 13.7. The Morgan fingerprint density at radius 2 is 0.654 bits per heavy atom. The molecule has 4 aromatic heterocycles. The van der Waals surface area contributed by atoms with E-state index in [-0.39, 0.29) is 60.0 Å². The van der Waals surface area contributed by atoms with Gasteiger partial charge >= 0.3 is 0 Å². The monoisotopic (exact) mass is 1710 g/mol. The molecule has 654 valence electrons. The van der Waals surface area contributed by atoms with Crippen LogP contribution in [0.1, 0.15) is 107 Å². The summed E-state index contributed by atoms with van der Waals surface area (Å²) in [5, 5.41) is 29.4. The second-order valence-corrected chi connectivity index (χ2v) is 33.8. The van der Waals surface area contributed by atoms with Crippen molar-refractivity contribution in [3.8, 4) is 51.5 Å². The van der Waals surface area contributed by atoms with Crippen LogP contribution >= 0.6 is 0 Å². The fourth-order valence-corrected chi connectivity index (χ4v) is 16.5.